The Bertz CT molecular complexity index is 1100. The van der Waals surface area contributed by atoms with Gasteiger partial charge in [0.2, 0.25) is 5.91 Å². The molecule has 2 heterocycles. The monoisotopic (exact) mass is 433 g/mol. The van der Waals surface area contributed by atoms with E-state index in [9.17, 15) is 19.5 Å². The Balaban J connectivity index is 1.23. The van der Waals surface area contributed by atoms with Gasteiger partial charge in [-0.25, -0.2) is 0 Å². The van der Waals surface area contributed by atoms with Gasteiger partial charge in [-0.15, -0.1) is 0 Å². The Labute approximate surface area is 186 Å². The molecule has 1 atom stereocenters. The number of nitrogens with zero attached hydrogens (tertiary/aromatic N) is 1. The van der Waals surface area contributed by atoms with E-state index in [1.165, 1.54) is 5.56 Å². The highest BCUT2D eigenvalue weighted by Crippen LogP contribution is 2.37. The Morgan fingerprint density at radius 1 is 0.969 bits per heavy atom. The van der Waals surface area contributed by atoms with Gasteiger partial charge in [-0.2, -0.15) is 0 Å². The summed E-state index contributed by atoms with van der Waals surface area (Å²) in [7, 11) is 0. The van der Waals surface area contributed by atoms with Crippen LogP contribution in [0.15, 0.2) is 36.4 Å². The molecule has 0 aromatic heterocycles. The summed E-state index contributed by atoms with van der Waals surface area (Å²) in [5.41, 5.74) is 4.86. The van der Waals surface area contributed by atoms with E-state index in [-0.39, 0.29) is 12.5 Å². The molecule has 3 N–H and O–H groups in total. The Kier molecular flexibility index (Phi) is 5.21. The number of aryl methyl sites for hydroxylation is 3. The molecule has 1 aliphatic carbocycles. The minimum Gasteiger partial charge on any atom is -0.388 e. The average Bonchev–Trinajstić information content (AvgIpc) is 2.79. The van der Waals surface area contributed by atoms with E-state index in [1.54, 1.807) is 0 Å². The summed E-state index contributed by atoms with van der Waals surface area (Å²) in [5.74, 6) is -1.37. The van der Waals surface area contributed by atoms with Crippen LogP contribution in [0.5, 0.6) is 0 Å². The fourth-order valence-electron chi connectivity index (χ4n) is 5.17. The van der Waals surface area contributed by atoms with Gasteiger partial charge >= 0.3 is 11.8 Å². The second kappa shape index (κ2) is 8.06. The lowest BCUT2D eigenvalue weighted by molar-refractivity contribution is -0.136. The maximum Gasteiger partial charge on any atom is 0.313 e. The van der Waals surface area contributed by atoms with Gasteiger partial charge in [0.15, 0.2) is 0 Å². The number of rotatable bonds is 3. The maximum absolute atomic E-state index is 12.5. The largest absolute Gasteiger partial charge is 0.388 e. The van der Waals surface area contributed by atoms with E-state index in [0.29, 0.717) is 31.4 Å². The summed E-state index contributed by atoms with van der Waals surface area (Å²) in [5, 5.41) is 16.2. The van der Waals surface area contributed by atoms with Gasteiger partial charge in [0.05, 0.1) is 11.3 Å². The number of carbonyl (C=O) groups is 3. The van der Waals surface area contributed by atoms with Crippen LogP contribution in [0.25, 0.3) is 0 Å². The van der Waals surface area contributed by atoms with Crippen molar-refractivity contribution in [3.8, 4) is 0 Å². The molecule has 3 aliphatic rings. The van der Waals surface area contributed by atoms with Crippen LogP contribution in [-0.4, -0.2) is 41.5 Å². The highest BCUT2D eigenvalue weighted by atomic mass is 16.3. The maximum atomic E-state index is 12.5. The van der Waals surface area contributed by atoms with Gasteiger partial charge < -0.3 is 20.6 Å². The van der Waals surface area contributed by atoms with E-state index in [1.807, 2.05) is 35.2 Å². The first-order valence-corrected chi connectivity index (χ1v) is 11.3. The van der Waals surface area contributed by atoms with Gasteiger partial charge in [-0.05, 0) is 66.5 Å². The van der Waals surface area contributed by atoms with E-state index in [4.69, 9.17) is 0 Å². The number of aliphatic hydroxyl groups is 1. The minimum atomic E-state index is -1.06. The lowest BCUT2D eigenvalue weighted by atomic mass is 9.80. The lowest BCUT2D eigenvalue weighted by Gasteiger charge is -2.35. The van der Waals surface area contributed by atoms with Crippen molar-refractivity contribution in [2.75, 3.05) is 23.3 Å². The molecule has 0 radical (unpaired) electrons. The van der Waals surface area contributed by atoms with Crippen molar-refractivity contribution in [2.24, 2.45) is 0 Å². The molecule has 1 unspecified atom stereocenters. The van der Waals surface area contributed by atoms with Gasteiger partial charge in [0.25, 0.3) is 0 Å². The number of benzene rings is 2. The molecule has 2 aliphatic heterocycles. The summed E-state index contributed by atoms with van der Waals surface area (Å²) < 4.78 is 0. The molecular formula is C25H27N3O4. The Morgan fingerprint density at radius 3 is 2.53 bits per heavy atom. The second-order valence-corrected chi connectivity index (χ2v) is 9.10. The van der Waals surface area contributed by atoms with Crippen LogP contribution in [0.3, 0.4) is 0 Å². The van der Waals surface area contributed by atoms with Crippen molar-refractivity contribution in [1.82, 2.24) is 5.32 Å². The summed E-state index contributed by atoms with van der Waals surface area (Å²) >= 11 is 0. The molecule has 7 heteroatoms. The number of fused-ring (bicyclic) bond motifs is 1. The molecule has 0 spiro atoms. The molecule has 5 rings (SSSR count). The quantitative estimate of drug-likeness (QED) is 0.644. The zero-order valence-corrected chi connectivity index (χ0v) is 17.9. The molecule has 3 amide bonds. The first-order chi connectivity index (χ1) is 15.4. The van der Waals surface area contributed by atoms with E-state index < -0.39 is 17.4 Å². The molecular weight excluding hydrogens is 406 g/mol. The Morgan fingerprint density at radius 2 is 1.72 bits per heavy atom. The molecule has 7 nitrogen and oxygen atoms in total. The smallest absolute Gasteiger partial charge is 0.313 e. The number of anilines is 2. The topological polar surface area (TPSA) is 98.7 Å². The predicted octanol–water partition coefficient (Wildman–Crippen LogP) is 1.89. The molecule has 0 fully saturated rings. The average molecular weight is 434 g/mol. The molecule has 32 heavy (non-hydrogen) atoms. The molecule has 0 bridgehead atoms. The van der Waals surface area contributed by atoms with Crippen LogP contribution in [0.2, 0.25) is 0 Å². The molecule has 0 saturated carbocycles. The molecule has 2 aromatic carbocycles. The molecule has 166 valence electrons. The first kappa shape index (κ1) is 20.7. The van der Waals surface area contributed by atoms with Gasteiger partial charge in [-0.3, -0.25) is 14.4 Å². The summed E-state index contributed by atoms with van der Waals surface area (Å²) in [4.78, 5) is 39.0. The molecule has 2 aromatic rings. The number of hydrogen-bond donors (Lipinski definition) is 3. The summed E-state index contributed by atoms with van der Waals surface area (Å²) in [6.07, 6.45) is 4.57. The van der Waals surface area contributed by atoms with Crippen molar-refractivity contribution >= 4 is 29.1 Å². The Hall–Kier alpha value is -3.19. The standard InChI is InChI=1S/C25H27N3O4/c29-21-8-7-18-13-20(12-17-6-3-11-28(21)22(17)18)27-24(31)23(30)26-15-25(32)10-9-16-4-1-2-5-19(16)14-25/h1-2,4-5,12-13,32H,3,6-11,14-15H2,(H,26,30)(H,27,31). The highest BCUT2D eigenvalue weighted by molar-refractivity contribution is 6.39. The van der Waals surface area contributed by atoms with Crippen LogP contribution in [0.4, 0.5) is 11.4 Å². The highest BCUT2D eigenvalue weighted by Gasteiger charge is 2.33. The van der Waals surface area contributed by atoms with E-state index in [2.05, 4.69) is 16.7 Å². The van der Waals surface area contributed by atoms with Crippen molar-refractivity contribution in [3.63, 3.8) is 0 Å². The zero-order valence-electron chi connectivity index (χ0n) is 17.9. The third kappa shape index (κ3) is 3.88. The van der Waals surface area contributed by atoms with Gasteiger partial charge in [-0.1, -0.05) is 24.3 Å². The lowest BCUT2D eigenvalue weighted by Crippen LogP contribution is -2.49. The second-order valence-electron chi connectivity index (χ2n) is 9.10. The van der Waals surface area contributed by atoms with Crippen LogP contribution < -0.4 is 15.5 Å². The SMILES string of the molecule is O=C(NCC1(O)CCc2ccccc2C1)C(=O)Nc1cc2c3c(c1)CCC(=O)N3CCC2. The number of amides is 3. The van der Waals surface area contributed by atoms with E-state index in [0.717, 1.165) is 48.2 Å². The summed E-state index contributed by atoms with van der Waals surface area (Å²) in [6, 6.07) is 11.7. The summed E-state index contributed by atoms with van der Waals surface area (Å²) in [6.45, 7) is 0.764. The van der Waals surface area contributed by atoms with Gasteiger partial charge in [0, 0.05) is 31.6 Å². The van der Waals surface area contributed by atoms with Crippen molar-refractivity contribution < 1.29 is 19.5 Å². The number of hydrogen-bond acceptors (Lipinski definition) is 4. The van der Waals surface area contributed by atoms with Crippen LogP contribution >= 0.6 is 0 Å². The minimum absolute atomic E-state index is 0.0279. The van der Waals surface area contributed by atoms with Crippen LogP contribution in [0.1, 0.15) is 41.5 Å². The third-order valence-electron chi connectivity index (χ3n) is 6.81. The number of carbonyl (C=O) groups excluding carboxylic acids is 3. The first-order valence-electron chi connectivity index (χ1n) is 11.3. The normalized spacial score (nSPS) is 21.4. The van der Waals surface area contributed by atoms with Crippen molar-refractivity contribution in [3.05, 3.63) is 58.7 Å². The van der Waals surface area contributed by atoms with Gasteiger partial charge in [0.1, 0.15) is 0 Å². The molecule has 0 saturated heterocycles. The fraction of sp³-hybridized carbons (Fsp3) is 0.400. The van der Waals surface area contributed by atoms with Crippen molar-refractivity contribution in [1.29, 1.82) is 0 Å². The predicted molar refractivity (Wildman–Crippen MR) is 120 cm³/mol. The number of nitrogens with one attached hydrogen (secondary N) is 2. The van der Waals surface area contributed by atoms with Crippen molar-refractivity contribution in [2.45, 2.75) is 50.5 Å². The fourth-order valence-corrected chi connectivity index (χ4v) is 5.17. The van der Waals surface area contributed by atoms with Crippen LogP contribution in [-0.2, 0) is 40.1 Å². The third-order valence-corrected chi connectivity index (χ3v) is 6.81. The van der Waals surface area contributed by atoms with E-state index >= 15 is 0 Å². The zero-order chi connectivity index (χ0) is 22.3. The van der Waals surface area contributed by atoms with Crippen LogP contribution in [0, 0.1) is 0 Å².